The van der Waals surface area contributed by atoms with Crippen LogP contribution in [-0.4, -0.2) is 43.4 Å². The smallest absolute Gasteiger partial charge is 0.128 e. The number of pyridine rings is 1. The Bertz CT molecular complexity index is 408. The first-order chi connectivity index (χ1) is 9.81. The molecule has 0 spiro atoms. The predicted molar refractivity (Wildman–Crippen MR) is 81.1 cm³/mol. The van der Waals surface area contributed by atoms with Gasteiger partial charge in [0.05, 0.1) is 25.1 Å². The van der Waals surface area contributed by atoms with Gasteiger partial charge >= 0.3 is 0 Å². The van der Waals surface area contributed by atoms with Gasteiger partial charge in [-0.25, -0.2) is 4.98 Å². The summed E-state index contributed by atoms with van der Waals surface area (Å²) in [5.41, 5.74) is 7.05. The maximum absolute atomic E-state index is 5.94. The topological polar surface area (TPSA) is 63.4 Å². The van der Waals surface area contributed by atoms with E-state index in [-0.39, 0.29) is 0 Å². The van der Waals surface area contributed by atoms with E-state index in [0.717, 1.165) is 63.5 Å². The van der Waals surface area contributed by atoms with Gasteiger partial charge in [-0.15, -0.1) is 0 Å². The zero-order valence-corrected chi connectivity index (χ0v) is 11.9. The molecule has 1 aliphatic carbocycles. The minimum atomic E-state index is 0.398. The van der Waals surface area contributed by atoms with Gasteiger partial charge in [0.15, 0.2) is 0 Å². The number of aromatic nitrogens is 1. The van der Waals surface area contributed by atoms with Crippen molar-refractivity contribution in [3.63, 3.8) is 0 Å². The Morgan fingerprint density at radius 2 is 1.90 bits per heavy atom. The van der Waals surface area contributed by atoms with E-state index < -0.39 is 0 Å². The van der Waals surface area contributed by atoms with Crippen LogP contribution in [0.15, 0.2) is 18.3 Å². The molecule has 5 nitrogen and oxygen atoms in total. The molecule has 2 heterocycles. The third-order valence-corrected chi connectivity index (χ3v) is 4.23. The van der Waals surface area contributed by atoms with E-state index in [9.17, 15) is 0 Å². The largest absolute Gasteiger partial charge is 0.381 e. The number of rotatable bonds is 3. The number of hydrogen-bond donors (Lipinski definition) is 2. The van der Waals surface area contributed by atoms with Crippen LogP contribution in [0, 0.1) is 0 Å². The Morgan fingerprint density at radius 1 is 1.15 bits per heavy atom. The third kappa shape index (κ3) is 3.41. The van der Waals surface area contributed by atoms with Crippen molar-refractivity contribution in [1.29, 1.82) is 0 Å². The van der Waals surface area contributed by atoms with Crippen LogP contribution in [0.2, 0.25) is 0 Å². The van der Waals surface area contributed by atoms with Crippen LogP contribution in [0.3, 0.4) is 0 Å². The van der Waals surface area contributed by atoms with E-state index in [1.807, 2.05) is 6.20 Å². The Kier molecular flexibility index (Phi) is 4.38. The van der Waals surface area contributed by atoms with Crippen molar-refractivity contribution in [1.82, 2.24) is 4.98 Å². The second kappa shape index (κ2) is 6.41. The number of nitrogens with zero attached hydrogens (tertiary/aromatic N) is 2. The Balaban J connectivity index is 1.55. The molecule has 5 heteroatoms. The lowest BCUT2D eigenvalue weighted by atomic mass is 9.92. The molecule has 3 N–H and O–H groups in total. The fourth-order valence-electron chi connectivity index (χ4n) is 2.95. The van der Waals surface area contributed by atoms with Crippen LogP contribution in [0.25, 0.3) is 0 Å². The summed E-state index contributed by atoms with van der Waals surface area (Å²) in [6, 6.07) is 5.18. The van der Waals surface area contributed by atoms with Crippen LogP contribution >= 0.6 is 0 Å². The Labute approximate surface area is 120 Å². The van der Waals surface area contributed by atoms with Gasteiger partial charge in [-0.3, -0.25) is 0 Å². The highest BCUT2D eigenvalue weighted by atomic mass is 16.5. The lowest BCUT2D eigenvalue weighted by molar-refractivity contribution is 0.122. The molecule has 1 saturated carbocycles. The summed E-state index contributed by atoms with van der Waals surface area (Å²) in [6.07, 6.45) is 6.51. The fourth-order valence-corrected chi connectivity index (χ4v) is 2.95. The van der Waals surface area contributed by atoms with Gasteiger partial charge < -0.3 is 20.7 Å². The molecule has 2 fully saturated rings. The van der Waals surface area contributed by atoms with E-state index in [0.29, 0.717) is 12.1 Å². The summed E-state index contributed by atoms with van der Waals surface area (Å²) >= 11 is 0. The number of morpholine rings is 1. The van der Waals surface area contributed by atoms with Crippen molar-refractivity contribution in [2.75, 3.05) is 36.5 Å². The molecule has 0 bridgehead atoms. The predicted octanol–water partition coefficient (Wildman–Crippen LogP) is 1.60. The Morgan fingerprint density at radius 3 is 2.55 bits per heavy atom. The van der Waals surface area contributed by atoms with E-state index >= 15 is 0 Å². The van der Waals surface area contributed by atoms with E-state index in [1.54, 1.807) is 0 Å². The number of nitrogens with one attached hydrogen (secondary N) is 1. The summed E-state index contributed by atoms with van der Waals surface area (Å²) in [4.78, 5) is 6.84. The van der Waals surface area contributed by atoms with Crippen molar-refractivity contribution in [3.05, 3.63) is 18.3 Å². The molecular weight excluding hydrogens is 252 g/mol. The second-order valence-electron chi connectivity index (χ2n) is 5.76. The number of anilines is 2. The molecule has 0 aromatic carbocycles. The Hall–Kier alpha value is -1.33. The van der Waals surface area contributed by atoms with E-state index in [4.69, 9.17) is 10.5 Å². The van der Waals surface area contributed by atoms with Gasteiger partial charge in [0.2, 0.25) is 0 Å². The SMILES string of the molecule is NC1CCC(Nc2ccc(N3CCOCC3)nc2)CC1. The summed E-state index contributed by atoms with van der Waals surface area (Å²) in [6.45, 7) is 3.45. The molecule has 0 unspecified atom stereocenters. The normalized spacial score (nSPS) is 27.4. The average molecular weight is 276 g/mol. The van der Waals surface area contributed by atoms with E-state index in [1.165, 1.54) is 0 Å². The highest BCUT2D eigenvalue weighted by molar-refractivity contribution is 5.49. The molecule has 1 saturated heterocycles. The molecule has 1 aliphatic heterocycles. The summed E-state index contributed by atoms with van der Waals surface area (Å²) in [5.74, 6) is 1.05. The first-order valence-corrected chi connectivity index (χ1v) is 7.62. The summed E-state index contributed by atoms with van der Waals surface area (Å²) < 4.78 is 5.36. The van der Waals surface area contributed by atoms with Crippen LogP contribution in [-0.2, 0) is 4.74 Å². The quantitative estimate of drug-likeness (QED) is 0.878. The van der Waals surface area contributed by atoms with Crippen LogP contribution in [0.5, 0.6) is 0 Å². The zero-order chi connectivity index (χ0) is 13.8. The average Bonchev–Trinajstić information content (AvgIpc) is 2.51. The minimum absolute atomic E-state index is 0.398. The van der Waals surface area contributed by atoms with Gasteiger partial charge in [0.1, 0.15) is 5.82 Å². The van der Waals surface area contributed by atoms with Crippen LogP contribution < -0.4 is 16.0 Å². The summed E-state index contributed by atoms with van der Waals surface area (Å²) in [5, 5.41) is 3.57. The van der Waals surface area contributed by atoms with Gasteiger partial charge in [0.25, 0.3) is 0 Å². The maximum atomic E-state index is 5.94. The molecule has 0 atom stereocenters. The molecule has 2 aliphatic rings. The highest BCUT2D eigenvalue weighted by Gasteiger charge is 2.18. The molecule has 20 heavy (non-hydrogen) atoms. The molecule has 0 amide bonds. The molecule has 0 radical (unpaired) electrons. The maximum Gasteiger partial charge on any atom is 0.128 e. The first-order valence-electron chi connectivity index (χ1n) is 7.62. The van der Waals surface area contributed by atoms with Gasteiger partial charge in [0, 0.05) is 25.2 Å². The van der Waals surface area contributed by atoms with Crippen molar-refractivity contribution in [3.8, 4) is 0 Å². The lowest BCUT2D eigenvalue weighted by Crippen LogP contribution is -2.36. The van der Waals surface area contributed by atoms with Gasteiger partial charge in [-0.1, -0.05) is 0 Å². The highest BCUT2D eigenvalue weighted by Crippen LogP contribution is 2.22. The van der Waals surface area contributed by atoms with Crippen molar-refractivity contribution in [2.24, 2.45) is 5.73 Å². The number of ether oxygens (including phenoxy) is 1. The second-order valence-corrected chi connectivity index (χ2v) is 5.76. The molecule has 110 valence electrons. The number of hydrogen-bond acceptors (Lipinski definition) is 5. The van der Waals surface area contributed by atoms with Crippen molar-refractivity contribution in [2.45, 2.75) is 37.8 Å². The zero-order valence-electron chi connectivity index (χ0n) is 11.9. The van der Waals surface area contributed by atoms with Gasteiger partial charge in [-0.05, 0) is 37.8 Å². The monoisotopic (exact) mass is 276 g/mol. The minimum Gasteiger partial charge on any atom is -0.381 e. The first kappa shape index (κ1) is 13.6. The van der Waals surface area contributed by atoms with Crippen LogP contribution in [0.4, 0.5) is 11.5 Å². The lowest BCUT2D eigenvalue weighted by Gasteiger charge is -2.29. The van der Waals surface area contributed by atoms with Crippen molar-refractivity contribution < 1.29 is 4.74 Å². The standard InChI is InChI=1S/C15H24N4O/c16-12-1-3-13(4-2-12)18-14-5-6-15(17-11-14)19-7-9-20-10-8-19/h5-6,11-13,18H,1-4,7-10,16H2. The molecule has 1 aromatic heterocycles. The molecular formula is C15H24N4O. The van der Waals surface area contributed by atoms with E-state index in [2.05, 4.69) is 27.3 Å². The van der Waals surface area contributed by atoms with Crippen LogP contribution in [0.1, 0.15) is 25.7 Å². The third-order valence-electron chi connectivity index (χ3n) is 4.23. The molecule has 1 aromatic rings. The number of nitrogens with two attached hydrogens (primary N) is 1. The summed E-state index contributed by atoms with van der Waals surface area (Å²) in [7, 11) is 0. The fraction of sp³-hybridized carbons (Fsp3) is 0.667. The van der Waals surface area contributed by atoms with Crippen molar-refractivity contribution >= 4 is 11.5 Å². The molecule has 3 rings (SSSR count). The van der Waals surface area contributed by atoms with Gasteiger partial charge in [-0.2, -0.15) is 0 Å².